The normalized spacial score (nSPS) is 10.7. The average Bonchev–Trinajstić information content (AvgIpc) is 3.29. The highest BCUT2D eigenvalue weighted by atomic mass is 16.6. The van der Waals surface area contributed by atoms with Gasteiger partial charge in [-0.25, -0.2) is 9.67 Å². The molecule has 1 amide bonds. The van der Waals surface area contributed by atoms with E-state index in [9.17, 15) is 14.9 Å². The standard InChI is InChI=1S/C25H23N5O5/c1-34-14-15-35-25-22(8-5-13-26-25)27-23(31)16-19-17-29(20-6-3-2-4-7-20)28-24(19)18-9-11-21(12-10-18)30(32)33/h2-13,17H,14-16H2,1H3,(H,27,31). The summed E-state index contributed by atoms with van der Waals surface area (Å²) >= 11 is 0. The number of hydrogen-bond donors (Lipinski definition) is 1. The van der Waals surface area contributed by atoms with Crippen LogP contribution in [0, 0.1) is 10.1 Å². The number of non-ortho nitro benzene ring substituents is 1. The van der Waals surface area contributed by atoms with Gasteiger partial charge in [-0.1, -0.05) is 18.2 Å². The van der Waals surface area contributed by atoms with Crippen molar-refractivity contribution in [2.75, 3.05) is 25.6 Å². The van der Waals surface area contributed by atoms with Crippen LogP contribution in [0.2, 0.25) is 0 Å². The van der Waals surface area contributed by atoms with E-state index in [1.807, 2.05) is 30.3 Å². The van der Waals surface area contributed by atoms with Crippen LogP contribution < -0.4 is 10.1 Å². The van der Waals surface area contributed by atoms with Crippen molar-refractivity contribution in [3.63, 3.8) is 0 Å². The summed E-state index contributed by atoms with van der Waals surface area (Å²) in [6.07, 6.45) is 3.38. The zero-order valence-electron chi connectivity index (χ0n) is 19.0. The maximum Gasteiger partial charge on any atom is 0.269 e. The smallest absolute Gasteiger partial charge is 0.269 e. The van der Waals surface area contributed by atoms with Gasteiger partial charge in [0, 0.05) is 42.8 Å². The molecule has 4 aromatic rings. The minimum absolute atomic E-state index is 0.0194. The summed E-state index contributed by atoms with van der Waals surface area (Å²) in [5, 5.41) is 18.6. The first-order valence-electron chi connectivity index (χ1n) is 10.8. The summed E-state index contributed by atoms with van der Waals surface area (Å²) in [4.78, 5) is 27.8. The van der Waals surface area contributed by atoms with Crippen LogP contribution in [0.1, 0.15) is 5.56 Å². The molecular formula is C25H23N5O5. The molecule has 10 heteroatoms. The number of pyridine rings is 1. The van der Waals surface area contributed by atoms with Crippen molar-refractivity contribution in [1.82, 2.24) is 14.8 Å². The van der Waals surface area contributed by atoms with Crippen molar-refractivity contribution in [3.8, 4) is 22.8 Å². The van der Waals surface area contributed by atoms with Crippen LogP contribution in [0.25, 0.3) is 16.9 Å². The molecule has 0 aliphatic rings. The molecule has 0 spiro atoms. The Kier molecular flexibility index (Phi) is 7.44. The fraction of sp³-hybridized carbons (Fsp3) is 0.160. The van der Waals surface area contributed by atoms with Gasteiger partial charge in [0.2, 0.25) is 11.8 Å². The molecule has 0 unspecified atom stereocenters. The Balaban J connectivity index is 1.60. The van der Waals surface area contributed by atoms with Crippen LogP contribution in [-0.2, 0) is 16.0 Å². The van der Waals surface area contributed by atoms with E-state index in [0.29, 0.717) is 41.6 Å². The molecule has 0 bridgehead atoms. The largest absolute Gasteiger partial charge is 0.474 e. The SMILES string of the molecule is COCCOc1ncccc1NC(=O)Cc1cn(-c2ccccc2)nc1-c1ccc([N+](=O)[O-])cc1. The molecule has 0 saturated heterocycles. The summed E-state index contributed by atoms with van der Waals surface area (Å²) in [5.74, 6) is 0.0128. The Morgan fingerprint density at radius 3 is 2.54 bits per heavy atom. The van der Waals surface area contributed by atoms with Gasteiger partial charge < -0.3 is 14.8 Å². The van der Waals surface area contributed by atoms with Crippen molar-refractivity contribution >= 4 is 17.3 Å². The van der Waals surface area contributed by atoms with E-state index < -0.39 is 4.92 Å². The summed E-state index contributed by atoms with van der Waals surface area (Å²) in [7, 11) is 1.57. The minimum atomic E-state index is -0.457. The first kappa shape index (κ1) is 23.6. The second-order valence-corrected chi connectivity index (χ2v) is 7.51. The Bertz CT molecular complexity index is 1310. The molecule has 35 heavy (non-hydrogen) atoms. The number of rotatable bonds is 10. The van der Waals surface area contributed by atoms with Crippen molar-refractivity contribution in [1.29, 1.82) is 0 Å². The number of anilines is 1. The van der Waals surface area contributed by atoms with Gasteiger partial charge in [0.15, 0.2) is 0 Å². The quantitative estimate of drug-likeness (QED) is 0.209. The molecule has 0 aliphatic carbocycles. The number of benzene rings is 2. The topological polar surface area (TPSA) is 121 Å². The van der Waals surface area contributed by atoms with E-state index in [2.05, 4.69) is 15.4 Å². The predicted molar refractivity (Wildman–Crippen MR) is 130 cm³/mol. The van der Waals surface area contributed by atoms with Gasteiger partial charge in [0.05, 0.1) is 29.3 Å². The Labute approximate surface area is 201 Å². The molecule has 0 aliphatic heterocycles. The molecule has 0 atom stereocenters. The number of nitrogens with zero attached hydrogens (tertiary/aromatic N) is 4. The Morgan fingerprint density at radius 1 is 1.06 bits per heavy atom. The second-order valence-electron chi connectivity index (χ2n) is 7.51. The monoisotopic (exact) mass is 473 g/mol. The van der Waals surface area contributed by atoms with Gasteiger partial charge in [-0.15, -0.1) is 0 Å². The lowest BCUT2D eigenvalue weighted by atomic mass is 10.1. The van der Waals surface area contributed by atoms with Crippen molar-refractivity contribution < 1.29 is 19.2 Å². The number of hydrogen-bond acceptors (Lipinski definition) is 7. The number of nitrogens with one attached hydrogen (secondary N) is 1. The molecule has 4 rings (SSSR count). The third-order valence-electron chi connectivity index (χ3n) is 5.08. The van der Waals surface area contributed by atoms with Gasteiger partial charge in [-0.3, -0.25) is 14.9 Å². The first-order chi connectivity index (χ1) is 17.0. The van der Waals surface area contributed by atoms with Gasteiger partial charge in [-0.05, 0) is 36.4 Å². The molecular weight excluding hydrogens is 450 g/mol. The average molecular weight is 473 g/mol. The molecule has 2 aromatic carbocycles. The lowest BCUT2D eigenvalue weighted by Gasteiger charge is -2.11. The molecule has 0 saturated carbocycles. The zero-order valence-corrected chi connectivity index (χ0v) is 19.0. The third kappa shape index (κ3) is 5.87. The van der Waals surface area contributed by atoms with Crippen molar-refractivity contribution in [3.05, 3.63) is 94.8 Å². The molecule has 2 heterocycles. The zero-order chi connectivity index (χ0) is 24.6. The highest BCUT2D eigenvalue weighted by molar-refractivity contribution is 5.94. The van der Waals surface area contributed by atoms with E-state index in [-0.39, 0.29) is 18.0 Å². The maximum atomic E-state index is 13.0. The van der Waals surface area contributed by atoms with E-state index in [1.54, 1.807) is 48.5 Å². The lowest BCUT2D eigenvalue weighted by Crippen LogP contribution is -2.16. The van der Waals surface area contributed by atoms with Gasteiger partial charge in [-0.2, -0.15) is 5.10 Å². The number of amides is 1. The number of carbonyl (C=O) groups excluding carboxylic acids is 1. The van der Waals surface area contributed by atoms with Gasteiger partial charge >= 0.3 is 0 Å². The first-order valence-corrected chi connectivity index (χ1v) is 10.8. The number of para-hydroxylation sites is 1. The van der Waals surface area contributed by atoms with E-state index >= 15 is 0 Å². The van der Waals surface area contributed by atoms with E-state index in [4.69, 9.17) is 9.47 Å². The highest BCUT2D eigenvalue weighted by Crippen LogP contribution is 2.27. The molecule has 1 N–H and O–H groups in total. The molecule has 0 radical (unpaired) electrons. The fourth-order valence-electron chi connectivity index (χ4n) is 3.43. The third-order valence-corrected chi connectivity index (χ3v) is 5.08. The Hall–Kier alpha value is -4.57. The fourth-order valence-corrected chi connectivity index (χ4v) is 3.43. The second kappa shape index (κ2) is 11.0. The molecule has 10 nitrogen and oxygen atoms in total. The summed E-state index contributed by atoms with van der Waals surface area (Å²) in [6.45, 7) is 0.686. The van der Waals surface area contributed by atoms with E-state index in [0.717, 1.165) is 5.69 Å². The number of carbonyl (C=O) groups is 1. The number of nitro benzene ring substituents is 1. The minimum Gasteiger partial charge on any atom is -0.474 e. The van der Waals surface area contributed by atoms with Crippen molar-refractivity contribution in [2.24, 2.45) is 0 Å². The van der Waals surface area contributed by atoms with Crippen LogP contribution in [0.3, 0.4) is 0 Å². The number of nitro groups is 1. The van der Waals surface area contributed by atoms with Crippen molar-refractivity contribution in [2.45, 2.75) is 6.42 Å². The molecule has 178 valence electrons. The highest BCUT2D eigenvalue weighted by Gasteiger charge is 2.18. The summed E-state index contributed by atoms with van der Waals surface area (Å²) < 4.78 is 12.3. The van der Waals surface area contributed by atoms with Crippen LogP contribution in [0.15, 0.2) is 79.1 Å². The van der Waals surface area contributed by atoms with E-state index in [1.165, 1.54) is 12.1 Å². The maximum absolute atomic E-state index is 13.0. The van der Waals surface area contributed by atoms with Crippen LogP contribution >= 0.6 is 0 Å². The number of aromatic nitrogens is 3. The van der Waals surface area contributed by atoms with Gasteiger partial charge in [0.25, 0.3) is 5.69 Å². The van der Waals surface area contributed by atoms with Crippen LogP contribution in [-0.4, -0.2) is 45.9 Å². The summed E-state index contributed by atoms with van der Waals surface area (Å²) in [6, 6.07) is 19.0. The number of ether oxygens (including phenoxy) is 2. The van der Waals surface area contributed by atoms with Gasteiger partial charge in [0.1, 0.15) is 12.3 Å². The lowest BCUT2D eigenvalue weighted by molar-refractivity contribution is -0.384. The predicted octanol–water partition coefficient (Wildman–Crippen LogP) is 4.05. The summed E-state index contributed by atoms with van der Waals surface area (Å²) in [5.41, 5.74) is 3.13. The Morgan fingerprint density at radius 2 is 1.83 bits per heavy atom. The van der Waals surface area contributed by atoms with Crippen LogP contribution in [0.5, 0.6) is 5.88 Å². The molecule has 2 aromatic heterocycles. The molecule has 0 fully saturated rings. The number of methoxy groups -OCH3 is 1. The van der Waals surface area contributed by atoms with Crippen LogP contribution in [0.4, 0.5) is 11.4 Å².